The van der Waals surface area contributed by atoms with E-state index >= 15 is 0 Å². The van der Waals surface area contributed by atoms with Crippen molar-refractivity contribution in [3.05, 3.63) is 0 Å². The molecule has 2 amide bonds. The fourth-order valence-electron chi connectivity index (χ4n) is 1.59. The van der Waals surface area contributed by atoms with Crippen LogP contribution in [0.1, 0.15) is 54.9 Å². The van der Waals surface area contributed by atoms with Gasteiger partial charge in [0.15, 0.2) is 0 Å². The summed E-state index contributed by atoms with van der Waals surface area (Å²) >= 11 is 0. The zero-order valence-electron chi connectivity index (χ0n) is 15.1. The molecule has 6 heteroatoms. The van der Waals surface area contributed by atoms with Crippen LogP contribution in [0.4, 0.5) is 4.79 Å². The van der Waals surface area contributed by atoms with Gasteiger partial charge in [0.2, 0.25) is 5.91 Å². The second kappa shape index (κ2) is 8.98. The lowest BCUT2D eigenvalue weighted by Gasteiger charge is -2.26. The van der Waals surface area contributed by atoms with E-state index in [1.807, 2.05) is 34.6 Å². The molecule has 0 fully saturated rings. The Morgan fingerprint density at radius 3 is 2.09 bits per heavy atom. The molecule has 0 rings (SSSR count). The van der Waals surface area contributed by atoms with Crippen molar-refractivity contribution in [2.24, 2.45) is 5.92 Å². The van der Waals surface area contributed by atoms with Crippen LogP contribution in [0, 0.1) is 5.92 Å². The van der Waals surface area contributed by atoms with Crippen LogP contribution in [0.15, 0.2) is 0 Å². The first-order chi connectivity index (χ1) is 9.94. The summed E-state index contributed by atoms with van der Waals surface area (Å²) in [6, 6.07) is 0. The van der Waals surface area contributed by atoms with Crippen LogP contribution in [0.25, 0.3) is 0 Å². The predicted octanol–water partition coefficient (Wildman–Crippen LogP) is 2.04. The van der Waals surface area contributed by atoms with Crippen LogP contribution in [-0.2, 0) is 9.53 Å². The van der Waals surface area contributed by atoms with Crippen molar-refractivity contribution in [3.8, 4) is 0 Å². The molecule has 130 valence electrons. The molecule has 0 saturated carbocycles. The third kappa shape index (κ3) is 10.4. The Balaban J connectivity index is 3.89. The Kier molecular flexibility index (Phi) is 8.45. The van der Waals surface area contributed by atoms with Crippen LogP contribution in [0.3, 0.4) is 0 Å². The number of amides is 2. The average molecular weight is 315 g/mol. The molecule has 22 heavy (non-hydrogen) atoms. The fraction of sp³-hybridized carbons (Fsp3) is 0.875. The van der Waals surface area contributed by atoms with Gasteiger partial charge in [0, 0.05) is 13.1 Å². The van der Waals surface area contributed by atoms with E-state index in [1.54, 1.807) is 0 Å². The molecule has 0 aromatic carbocycles. The van der Waals surface area contributed by atoms with Gasteiger partial charge >= 0.3 is 6.09 Å². The van der Waals surface area contributed by atoms with E-state index in [-0.39, 0.29) is 5.91 Å². The van der Waals surface area contributed by atoms with Crippen molar-refractivity contribution < 1.29 is 14.3 Å². The highest BCUT2D eigenvalue weighted by molar-refractivity contribution is 5.85. The Labute approximate surface area is 134 Å². The van der Waals surface area contributed by atoms with E-state index in [0.717, 1.165) is 6.42 Å². The molecule has 0 heterocycles. The quantitative estimate of drug-likeness (QED) is 0.599. The van der Waals surface area contributed by atoms with Crippen molar-refractivity contribution in [2.45, 2.75) is 66.0 Å². The van der Waals surface area contributed by atoms with Crippen molar-refractivity contribution in [1.29, 1.82) is 0 Å². The lowest BCUT2D eigenvalue weighted by Crippen LogP contribution is -2.53. The summed E-state index contributed by atoms with van der Waals surface area (Å²) in [6.07, 6.45) is 0.307. The number of carbonyl (C=O) groups is 2. The van der Waals surface area contributed by atoms with Crippen LogP contribution >= 0.6 is 0 Å². The standard InChI is InChI=1S/C16H33N3O3/c1-12(2)11-18-13(20)16(6,7)19-10-8-9-17-14(21)22-15(3,4)5/h12,19H,8-11H2,1-7H3,(H,17,21)(H,18,20). The summed E-state index contributed by atoms with van der Waals surface area (Å²) in [7, 11) is 0. The zero-order valence-corrected chi connectivity index (χ0v) is 15.1. The van der Waals surface area contributed by atoms with Crippen molar-refractivity contribution in [3.63, 3.8) is 0 Å². The van der Waals surface area contributed by atoms with E-state index in [1.165, 1.54) is 0 Å². The maximum Gasteiger partial charge on any atom is 0.407 e. The first kappa shape index (κ1) is 20.7. The molecular formula is C16H33N3O3. The van der Waals surface area contributed by atoms with Gasteiger partial charge < -0.3 is 20.7 Å². The van der Waals surface area contributed by atoms with Crippen molar-refractivity contribution in [2.75, 3.05) is 19.6 Å². The smallest absolute Gasteiger partial charge is 0.407 e. The number of alkyl carbamates (subject to hydrolysis) is 1. The van der Waals surface area contributed by atoms with Gasteiger partial charge in [0.25, 0.3) is 0 Å². The Bertz CT molecular complexity index is 360. The predicted molar refractivity (Wildman–Crippen MR) is 88.8 cm³/mol. The van der Waals surface area contributed by atoms with Crippen LogP contribution in [-0.4, -0.2) is 42.8 Å². The molecule has 0 bridgehead atoms. The van der Waals surface area contributed by atoms with Crippen LogP contribution in [0.2, 0.25) is 0 Å². The number of nitrogens with one attached hydrogen (secondary N) is 3. The molecule has 0 radical (unpaired) electrons. The number of ether oxygens (including phenoxy) is 1. The van der Waals surface area contributed by atoms with Gasteiger partial charge in [-0.05, 0) is 53.5 Å². The van der Waals surface area contributed by atoms with E-state index in [2.05, 4.69) is 29.8 Å². The van der Waals surface area contributed by atoms with Crippen molar-refractivity contribution in [1.82, 2.24) is 16.0 Å². The average Bonchev–Trinajstić information content (AvgIpc) is 2.32. The minimum Gasteiger partial charge on any atom is -0.444 e. The molecule has 3 N–H and O–H groups in total. The zero-order chi connectivity index (χ0) is 17.4. The minimum absolute atomic E-state index is 0.0127. The number of hydrogen-bond donors (Lipinski definition) is 3. The monoisotopic (exact) mass is 315 g/mol. The van der Waals surface area contributed by atoms with Gasteiger partial charge in [-0.2, -0.15) is 0 Å². The summed E-state index contributed by atoms with van der Waals surface area (Å²) < 4.78 is 5.14. The largest absolute Gasteiger partial charge is 0.444 e. The number of rotatable bonds is 8. The Hall–Kier alpha value is -1.30. The Morgan fingerprint density at radius 2 is 1.59 bits per heavy atom. The minimum atomic E-state index is -0.624. The third-order valence-electron chi connectivity index (χ3n) is 2.83. The van der Waals surface area contributed by atoms with E-state index < -0.39 is 17.2 Å². The normalized spacial score (nSPS) is 12.2. The molecule has 0 aromatic rings. The molecule has 0 aromatic heterocycles. The summed E-state index contributed by atoms with van der Waals surface area (Å²) in [6.45, 7) is 15.1. The highest BCUT2D eigenvalue weighted by Crippen LogP contribution is 2.06. The van der Waals surface area contributed by atoms with Crippen LogP contribution < -0.4 is 16.0 Å². The molecule has 0 aliphatic rings. The summed E-state index contributed by atoms with van der Waals surface area (Å²) in [5.41, 5.74) is -1.11. The number of carbonyl (C=O) groups excluding carboxylic acids is 2. The van der Waals surface area contributed by atoms with Crippen LogP contribution in [0.5, 0.6) is 0 Å². The number of hydrogen-bond acceptors (Lipinski definition) is 4. The van der Waals surface area contributed by atoms with Gasteiger partial charge in [-0.3, -0.25) is 4.79 Å². The third-order valence-corrected chi connectivity index (χ3v) is 2.83. The van der Waals surface area contributed by atoms with Gasteiger partial charge in [-0.15, -0.1) is 0 Å². The maximum absolute atomic E-state index is 12.0. The highest BCUT2D eigenvalue weighted by Gasteiger charge is 2.26. The molecule has 0 saturated heterocycles. The molecular weight excluding hydrogens is 282 g/mol. The fourth-order valence-corrected chi connectivity index (χ4v) is 1.59. The topological polar surface area (TPSA) is 79.5 Å². The highest BCUT2D eigenvalue weighted by atomic mass is 16.6. The second-order valence-corrected chi connectivity index (χ2v) is 7.44. The van der Waals surface area contributed by atoms with E-state index in [0.29, 0.717) is 25.6 Å². The summed E-state index contributed by atoms with van der Waals surface area (Å²) in [5.74, 6) is 0.416. The van der Waals surface area contributed by atoms with Gasteiger partial charge in [-0.25, -0.2) is 4.79 Å². The Morgan fingerprint density at radius 1 is 1.00 bits per heavy atom. The van der Waals surface area contributed by atoms with Gasteiger partial charge in [0.05, 0.1) is 5.54 Å². The molecule has 0 aliphatic heterocycles. The lowest BCUT2D eigenvalue weighted by molar-refractivity contribution is -0.126. The molecule has 0 unspecified atom stereocenters. The van der Waals surface area contributed by atoms with Crippen molar-refractivity contribution >= 4 is 12.0 Å². The summed E-state index contributed by atoms with van der Waals surface area (Å²) in [5, 5.41) is 8.81. The first-order valence-electron chi connectivity index (χ1n) is 7.94. The summed E-state index contributed by atoms with van der Waals surface area (Å²) in [4.78, 5) is 23.5. The molecule has 0 atom stereocenters. The van der Waals surface area contributed by atoms with E-state index in [4.69, 9.17) is 4.74 Å². The van der Waals surface area contributed by atoms with E-state index in [9.17, 15) is 9.59 Å². The second-order valence-electron chi connectivity index (χ2n) is 7.44. The SMILES string of the molecule is CC(C)CNC(=O)C(C)(C)NCCCNC(=O)OC(C)(C)C. The lowest BCUT2D eigenvalue weighted by atomic mass is 10.0. The molecule has 0 aliphatic carbocycles. The van der Waals surface area contributed by atoms with Gasteiger partial charge in [0.1, 0.15) is 5.60 Å². The first-order valence-corrected chi connectivity index (χ1v) is 7.94. The maximum atomic E-state index is 12.0. The molecule has 0 spiro atoms. The molecule has 6 nitrogen and oxygen atoms in total. The van der Waals surface area contributed by atoms with Gasteiger partial charge in [-0.1, -0.05) is 13.8 Å².